The Kier molecular flexibility index (Phi) is 6.02. The second-order valence-corrected chi connectivity index (χ2v) is 14.2. The molecule has 0 spiro atoms. The van der Waals surface area contributed by atoms with Crippen LogP contribution in [0.5, 0.6) is 0 Å². The van der Waals surface area contributed by atoms with Crippen molar-refractivity contribution in [2.75, 3.05) is 0 Å². The number of fused-ring (bicyclic) bond motifs is 11. The number of hydrogen-bond acceptors (Lipinski definition) is 2. The van der Waals surface area contributed by atoms with Gasteiger partial charge in [-0.1, -0.05) is 121 Å². The van der Waals surface area contributed by atoms with Crippen LogP contribution in [0.15, 0.2) is 182 Å². The quantitative estimate of drug-likeness (QED) is 0.173. The first-order chi connectivity index (χ1) is 26.8. The topological polar surface area (TPSA) is 35.6 Å². The minimum absolute atomic E-state index is 0.707. The van der Waals surface area contributed by atoms with Gasteiger partial charge in [-0.05, 0) is 93.0 Å². The van der Waals surface area contributed by atoms with Gasteiger partial charge < -0.3 is 4.57 Å². The molecule has 0 bridgehead atoms. The Bertz CT molecular complexity index is 3460. The van der Waals surface area contributed by atoms with Crippen LogP contribution in [0.3, 0.4) is 0 Å². The first kappa shape index (κ1) is 29.3. The maximum atomic E-state index is 5.46. The van der Waals surface area contributed by atoms with Crippen LogP contribution in [0, 0.1) is 0 Å². The SMILES string of the molecule is c1ccc2c(c1)ccc1ccc(-c3nc(-n4c5ccccc5c5cc6ccc(-n7c8ccccc8c8ccccc87)cc6cc54)c4ccccc4n3)cc12. The Morgan fingerprint density at radius 2 is 0.889 bits per heavy atom. The summed E-state index contributed by atoms with van der Waals surface area (Å²) in [6, 6.07) is 65.6. The van der Waals surface area contributed by atoms with Crippen LogP contribution < -0.4 is 0 Å². The van der Waals surface area contributed by atoms with Crippen LogP contribution in [0.25, 0.3) is 110 Å². The lowest BCUT2D eigenvalue weighted by molar-refractivity contribution is 1.08. The highest BCUT2D eigenvalue weighted by Crippen LogP contribution is 2.39. The molecule has 0 aliphatic heterocycles. The van der Waals surface area contributed by atoms with Crippen molar-refractivity contribution >= 4 is 86.8 Å². The predicted octanol–water partition coefficient (Wildman–Crippen LogP) is 13.0. The van der Waals surface area contributed by atoms with Gasteiger partial charge >= 0.3 is 0 Å². The molecular weight excluding hydrogens is 657 g/mol. The van der Waals surface area contributed by atoms with E-state index in [9.17, 15) is 0 Å². The Morgan fingerprint density at radius 3 is 1.65 bits per heavy atom. The van der Waals surface area contributed by atoms with E-state index in [2.05, 4.69) is 191 Å². The highest BCUT2D eigenvalue weighted by molar-refractivity contribution is 6.15. The molecule has 0 unspecified atom stereocenters. The Balaban J connectivity index is 1.12. The van der Waals surface area contributed by atoms with Crippen molar-refractivity contribution in [3.63, 3.8) is 0 Å². The molecule has 4 heteroatoms. The van der Waals surface area contributed by atoms with Gasteiger partial charge in [-0.15, -0.1) is 0 Å². The summed E-state index contributed by atoms with van der Waals surface area (Å²) in [7, 11) is 0. The van der Waals surface area contributed by atoms with Gasteiger partial charge in [0.05, 0.1) is 27.6 Å². The number of nitrogens with zero attached hydrogens (tertiary/aromatic N) is 4. The fraction of sp³-hybridized carbons (Fsp3) is 0. The highest BCUT2D eigenvalue weighted by Gasteiger charge is 2.19. The van der Waals surface area contributed by atoms with Crippen LogP contribution in [0.4, 0.5) is 0 Å². The number of rotatable bonds is 3. The van der Waals surface area contributed by atoms with Crippen molar-refractivity contribution in [3.05, 3.63) is 182 Å². The van der Waals surface area contributed by atoms with E-state index in [1.165, 1.54) is 64.9 Å². The third-order valence-electron chi connectivity index (χ3n) is 11.3. The number of para-hydroxylation sites is 4. The molecule has 54 heavy (non-hydrogen) atoms. The Labute approximate surface area is 309 Å². The van der Waals surface area contributed by atoms with Gasteiger partial charge in [0.25, 0.3) is 0 Å². The van der Waals surface area contributed by atoms with E-state index in [-0.39, 0.29) is 0 Å². The summed E-state index contributed by atoms with van der Waals surface area (Å²) in [5, 5.41) is 13.1. The minimum atomic E-state index is 0.707. The van der Waals surface area contributed by atoms with Gasteiger partial charge in [-0.2, -0.15) is 0 Å². The van der Waals surface area contributed by atoms with Crippen LogP contribution >= 0.6 is 0 Å². The van der Waals surface area contributed by atoms with E-state index in [0.717, 1.165) is 39.0 Å². The first-order valence-electron chi connectivity index (χ1n) is 18.4. The second-order valence-electron chi connectivity index (χ2n) is 14.2. The molecule has 0 atom stereocenters. The fourth-order valence-electron chi connectivity index (χ4n) is 8.77. The molecule has 12 aromatic rings. The summed E-state index contributed by atoms with van der Waals surface area (Å²) in [5.41, 5.74) is 7.68. The van der Waals surface area contributed by atoms with Gasteiger partial charge in [0.15, 0.2) is 5.82 Å². The summed E-state index contributed by atoms with van der Waals surface area (Å²) in [6.07, 6.45) is 0. The van der Waals surface area contributed by atoms with Gasteiger partial charge in [0.2, 0.25) is 0 Å². The summed E-state index contributed by atoms with van der Waals surface area (Å²) in [4.78, 5) is 10.6. The monoisotopic (exact) mass is 686 g/mol. The summed E-state index contributed by atoms with van der Waals surface area (Å²) >= 11 is 0. The molecule has 3 heterocycles. The molecule has 0 N–H and O–H groups in total. The van der Waals surface area contributed by atoms with Crippen molar-refractivity contribution < 1.29 is 0 Å². The summed E-state index contributed by atoms with van der Waals surface area (Å²) < 4.78 is 4.74. The molecule has 0 saturated carbocycles. The van der Waals surface area contributed by atoms with Crippen molar-refractivity contribution in [2.45, 2.75) is 0 Å². The molecule has 250 valence electrons. The van der Waals surface area contributed by atoms with Crippen molar-refractivity contribution in [1.82, 2.24) is 19.1 Å². The van der Waals surface area contributed by atoms with E-state index in [4.69, 9.17) is 9.97 Å². The normalized spacial score (nSPS) is 12.1. The van der Waals surface area contributed by atoms with Gasteiger partial charge in [0.1, 0.15) is 5.82 Å². The van der Waals surface area contributed by atoms with Crippen LogP contribution in [-0.2, 0) is 0 Å². The lowest BCUT2D eigenvalue weighted by Gasteiger charge is -2.14. The fourth-order valence-corrected chi connectivity index (χ4v) is 8.77. The molecule has 0 aliphatic carbocycles. The third kappa shape index (κ3) is 4.19. The second kappa shape index (κ2) is 11.1. The molecule has 9 aromatic carbocycles. The lowest BCUT2D eigenvalue weighted by Crippen LogP contribution is -2.02. The Hall–Kier alpha value is -7.30. The van der Waals surface area contributed by atoms with Crippen molar-refractivity contribution in [1.29, 1.82) is 0 Å². The summed E-state index contributed by atoms with van der Waals surface area (Å²) in [6.45, 7) is 0. The third-order valence-corrected chi connectivity index (χ3v) is 11.3. The molecule has 0 saturated heterocycles. The average Bonchev–Trinajstić information content (AvgIpc) is 3.74. The lowest BCUT2D eigenvalue weighted by atomic mass is 10.00. The van der Waals surface area contributed by atoms with Crippen LogP contribution in [0.2, 0.25) is 0 Å². The Morgan fingerprint density at radius 1 is 0.315 bits per heavy atom. The number of aromatic nitrogens is 4. The maximum Gasteiger partial charge on any atom is 0.162 e. The van der Waals surface area contributed by atoms with Crippen LogP contribution in [-0.4, -0.2) is 19.1 Å². The van der Waals surface area contributed by atoms with Gasteiger partial charge in [-0.3, -0.25) is 4.57 Å². The van der Waals surface area contributed by atoms with Gasteiger partial charge in [-0.25, -0.2) is 9.97 Å². The van der Waals surface area contributed by atoms with E-state index in [0.29, 0.717) is 5.82 Å². The van der Waals surface area contributed by atoms with Crippen molar-refractivity contribution in [3.8, 4) is 22.9 Å². The average molecular weight is 687 g/mol. The number of benzene rings is 9. The molecule has 0 fully saturated rings. The smallest absolute Gasteiger partial charge is 0.162 e. The predicted molar refractivity (Wildman–Crippen MR) is 226 cm³/mol. The molecule has 0 aliphatic rings. The molecule has 0 radical (unpaired) electrons. The molecule has 3 aromatic heterocycles. The summed E-state index contributed by atoms with van der Waals surface area (Å²) in [5.74, 6) is 1.58. The van der Waals surface area contributed by atoms with E-state index in [1.807, 2.05) is 0 Å². The first-order valence-corrected chi connectivity index (χ1v) is 18.4. The highest BCUT2D eigenvalue weighted by atomic mass is 15.1. The van der Waals surface area contributed by atoms with Crippen LogP contribution in [0.1, 0.15) is 0 Å². The van der Waals surface area contributed by atoms with E-state index < -0.39 is 0 Å². The zero-order valence-corrected chi connectivity index (χ0v) is 29.1. The zero-order chi connectivity index (χ0) is 35.3. The van der Waals surface area contributed by atoms with Crippen molar-refractivity contribution in [2.24, 2.45) is 0 Å². The molecule has 4 nitrogen and oxygen atoms in total. The minimum Gasteiger partial charge on any atom is -0.309 e. The molecule has 12 rings (SSSR count). The molecular formula is C50H30N4. The van der Waals surface area contributed by atoms with E-state index >= 15 is 0 Å². The van der Waals surface area contributed by atoms with Gasteiger partial charge in [0, 0.05) is 38.2 Å². The standard InChI is InChI=1S/C50H30N4/c1-2-12-37-31(11-1)21-22-32-23-24-34(29-42(32)37)49-51-44-17-7-3-16-41(44)50(52-49)54-47-20-10-6-15-40(47)43-28-33-25-26-36(27-35(33)30-48(43)54)53-45-18-8-4-13-38(45)39-14-5-9-19-46(39)53/h1-30H. The molecule has 0 amide bonds. The van der Waals surface area contributed by atoms with E-state index in [1.54, 1.807) is 0 Å². The number of hydrogen-bond donors (Lipinski definition) is 0. The maximum absolute atomic E-state index is 5.46. The zero-order valence-electron chi connectivity index (χ0n) is 29.1. The largest absolute Gasteiger partial charge is 0.309 e.